The van der Waals surface area contributed by atoms with Crippen molar-refractivity contribution < 1.29 is 9.59 Å². The summed E-state index contributed by atoms with van der Waals surface area (Å²) in [5.74, 6) is -0.384. The van der Waals surface area contributed by atoms with Crippen LogP contribution in [-0.4, -0.2) is 53.1 Å². The first-order valence-electron chi connectivity index (χ1n) is 9.84. The number of carbonyl (C=O) groups excluding carboxylic acids is 2. The van der Waals surface area contributed by atoms with Crippen molar-refractivity contribution in [3.8, 4) is 0 Å². The molecule has 0 aliphatic carbocycles. The fourth-order valence-electron chi connectivity index (χ4n) is 3.24. The van der Waals surface area contributed by atoms with Crippen LogP contribution in [-0.2, 0) is 0 Å². The molecule has 0 unspecified atom stereocenters. The smallest absolute Gasteiger partial charge is 0.286 e. The molecule has 7 nitrogen and oxygen atoms in total. The number of likely N-dealkylation sites (tertiary alicyclic amines) is 1. The Kier molecular flexibility index (Phi) is 7.50. The number of amides is 2. The number of anilines is 1. The van der Waals surface area contributed by atoms with Crippen molar-refractivity contribution in [3.63, 3.8) is 0 Å². The molecule has 0 bridgehead atoms. The number of nitrogens with zero attached hydrogens (tertiary/aromatic N) is 3. The van der Waals surface area contributed by atoms with Crippen LogP contribution >= 0.6 is 11.3 Å². The topological polar surface area (TPSA) is 87.2 Å². The fourth-order valence-corrected chi connectivity index (χ4v) is 3.83. The molecule has 1 saturated heterocycles. The summed E-state index contributed by atoms with van der Waals surface area (Å²) in [4.78, 5) is 26.9. The molecular weight excluding hydrogens is 374 g/mol. The van der Waals surface area contributed by atoms with Crippen molar-refractivity contribution in [1.29, 1.82) is 0 Å². The number of hydrogen-bond donors (Lipinski definition) is 2. The van der Waals surface area contributed by atoms with Crippen molar-refractivity contribution >= 4 is 28.8 Å². The van der Waals surface area contributed by atoms with Gasteiger partial charge >= 0.3 is 0 Å². The first kappa shape index (κ1) is 20.4. The van der Waals surface area contributed by atoms with Crippen molar-refractivity contribution in [1.82, 2.24) is 20.4 Å². The predicted octanol–water partition coefficient (Wildman–Crippen LogP) is 3.09. The standard InChI is InChI=1S/C20H27N5O2S/c1-15-23-24-20(28-15)19(27)22-17-9-7-16(8-10-17)18(26)21-11-6-14-25-12-4-2-3-5-13-25/h7-10H,2-6,11-14H2,1H3,(H,21,26)(H,22,27). The average molecular weight is 402 g/mol. The summed E-state index contributed by atoms with van der Waals surface area (Å²) in [5.41, 5.74) is 1.20. The maximum absolute atomic E-state index is 12.3. The molecule has 150 valence electrons. The summed E-state index contributed by atoms with van der Waals surface area (Å²) in [7, 11) is 0. The number of nitrogens with one attached hydrogen (secondary N) is 2. The van der Waals surface area contributed by atoms with Gasteiger partial charge in [-0.25, -0.2) is 0 Å². The van der Waals surface area contributed by atoms with E-state index in [-0.39, 0.29) is 11.8 Å². The highest BCUT2D eigenvalue weighted by molar-refractivity contribution is 7.13. The molecule has 2 N–H and O–H groups in total. The third-order valence-electron chi connectivity index (χ3n) is 4.76. The zero-order chi connectivity index (χ0) is 19.8. The molecule has 1 aromatic carbocycles. The van der Waals surface area contributed by atoms with Crippen molar-refractivity contribution in [2.24, 2.45) is 0 Å². The van der Waals surface area contributed by atoms with Gasteiger partial charge in [-0.1, -0.05) is 24.2 Å². The molecule has 0 saturated carbocycles. The lowest BCUT2D eigenvalue weighted by Crippen LogP contribution is -2.30. The Balaban J connectivity index is 1.41. The highest BCUT2D eigenvalue weighted by Gasteiger charge is 2.12. The molecule has 2 amide bonds. The number of aryl methyl sites for hydroxylation is 1. The highest BCUT2D eigenvalue weighted by Crippen LogP contribution is 2.14. The Bertz CT molecular complexity index is 782. The second-order valence-corrected chi connectivity index (χ2v) is 8.20. The monoisotopic (exact) mass is 401 g/mol. The molecule has 2 aromatic rings. The lowest BCUT2D eigenvalue weighted by Gasteiger charge is -2.19. The lowest BCUT2D eigenvalue weighted by molar-refractivity contribution is 0.0951. The number of carbonyl (C=O) groups is 2. The fraction of sp³-hybridized carbons (Fsp3) is 0.500. The largest absolute Gasteiger partial charge is 0.352 e. The summed E-state index contributed by atoms with van der Waals surface area (Å²) in [6, 6.07) is 6.87. The first-order chi connectivity index (χ1) is 13.6. The van der Waals surface area contributed by atoms with E-state index in [0.717, 1.165) is 18.0 Å². The maximum atomic E-state index is 12.3. The molecule has 1 aliphatic rings. The van der Waals surface area contributed by atoms with Gasteiger partial charge in [0.05, 0.1) is 0 Å². The van der Waals surface area contributed by atoms with Gasteiger partial charge in [-0.15, -0.1) is 10.2 Å². The van der Waals surface area contributed by atoms with E-state index in [1.165, 1.54) is 50.1 Å². The zero-order valence-electron chi connectivity index (χ0n) is 16.2. The average Bonchev–Trinajstić information content (AvgIpc) is 2.97. The van der Waals surface area contributed by atoms with E-state index < -0.39 is 0 Å². The molecule has 0 radical (unpaired) electrons. The summed E-state index contributed by atoms with van der Waals surface area (Å²) in [5, 5.41) is 14.5. The minimum absolute atomic E-state index is 0.0894. The van der Waals surface area contributed by atoms with Gasteiger partial charge in [0.15, 0.2) is 0 Å². The van der Waals surface area contributed by atoms with Crippen LogP contribution in [0.15, 0.2) is 24.3 Å². The van der Waals surface area contributed by atoms with Crippen LogP contribution in [0.25, 0.3) is 0 Å². The van der Waals surface area contributed by atoms with Gasteiger partial charge in [-0.3, -0.25) is 9.59 Å². The van der Waals surface area contributed by atoms with Gasteiger partial charge in [0.2, 0.25) is 5.01 Å². The number of rotatable bonds is 7. The van der Waals surface area contributed by atoms with E-state index >= 15 is 0 Å². The maximum Gasteiger partial charge on any atom is 0.286 e. The van der Waals surface area contributed by atoms with Crippen LogP contribution in [0.4, 0.5) is 5.69 Å². The van der Waals surface area contributed by atoms with Crippen LogP contribution in [0.1, 0.15) is 57.3 Å². The van der Waals surface area contributed by atoms with Gasteiger partial charge in [-0.2, -0.15) is 0 Å². The van der Waals surface area contributed by atoms with E-state index in [1.54, 1.807) is 31.2 Å². The molecular formula is C20H27N5O2S. The van der Waals surface area contributed by atoms with Crippen molar-refractivity contribution in [2.75, 3.05) is 31.5 Å². The molecule has 2 heterocycles. The Morgan fingerprint density at radius 3 is 2.39 bits per heavy atom. The highest BCUT2D eigenvalue weighted by atomic mass is 32.1. The van der Waals surface area contributed by atoms with Crippen LogP contribution < -0.4 is 10.6 Å². The third-order valence-corrected chi connectivity index (χ3v) is 5.60. The van der Waals surface area contributed by atoms with Crippen molar-refractivity contribution in [3.05, 3.63) is 39.8 Å². The molecule has 3 rings (SSSR count). The normalized spacial score (nSPS) is 15.0. The van der Waals surface area contributed by atoms with Crippen LogP contribution in [0, 0.1) is 6.92 Å². The molecule has 28 heavy (non-hydrogen) atoms. The SMILES string of the molecule is Cc1nnc(C(=O)Nc2ccc(C(=O)NCCCN3CCCCCC3)cc2)s1. The molecule has 1 fully saturated rings. The van der Waals surface area contributed by atoms with E-state index in [4.69, 9.17) is 0 Å². The van der Waals surface area contributed by atoms with Crippen molar-refractivity contribution in [2.45, 2.75) is 39.0 Å². The van der Waals surface area contributed by atoms with Gasteiger partial charge in [-0.05, 0) is 70.1 Å². The van der Waals surface area contributed by atoms with E-state index in [0.29, 0.717) is 22.8 Å². The zero-order valence-corrected chi connectivity index (χ0v) is 17.1. The molecule has 8 heteroatoms. The Morgan fingerprint density at radius 2 is 1.75 bits per heavy atom. The quantitative estimate of drug-likeness (QED) is 0.696. The van der Waals surface area contributed by atoms with Gasteiger partial charge in [0.1, 0.15) is 5.01 Å². The number of benzene rings is 1. The van der Waals surface area contributed by atoms with E-state index in [1.807, 2.05) is 0 Å². The van der Waals surface area contributed by atoms with Gasteiger partial charge in [0.25, 0.3) is 11.8 Å². The van der Waals surface area contributed by atoms with Crippen LogP contribution in [0.3, 0.4) is 0 Å². The van der Waals surface area contributed by atoms with E-state index in [9.17, 15) is 9.59 Å². The second-order valence-electron chi connectivity index (χ2n) is 7.02. The number of hydrogen-bond acceptors (Lipinski definition) is 6. The third kappa shape index (κ3) is 6.10. The predicted molar refractivity (Wildman–Crippen MR) is 111 cm³/mol. The minimum atomic E-state index is -0.295. The Labute approximate surface area is 169 Å². The molecule has 1 aromatic heterocycles. The van der Waals surface area contributed by atoms with Crippen LogP contribution in [0.5, 0.6) is 0 Å². The minimum Gasteiger partial charge on any atom is -0.352 e. The Hall–Kier alpha value is -2.32. The summed E-state index contributed by atoms with van der Waals surface area (Å²) in [6.45, 7) is 5.87. The molecule has 0 spiro atoms. The molecule has 0 atom stereocenters. The van der Waals surface area contributed by atoms with Gasteiger partial charge in [0, 0.05) is 17.8 Å². The lowest BCUT2D eigenvalue weighted by atomic mass is 10.2. The van der Waals surface area contributed by atoms with Gasteiger partial charge < -0.3 is 15.5 Å². The van der Waals surface area contributed by atoms with E-state index in [2.05, 4.69) is 25.7 Å². The summed E-state index contributed by atoms with van der Waals surface area (Å²) < 4.78 is 0. The molecule has 1 aliphatic heterocycles. The first-order valence-corrected chi connectivity index (χ1v) is 10.7. The van der Waals surface area contributed by atoms with Crippen LogP contribution in [0.2, 0.25) is 0 Å². The summed E-state index contributed by atoms with van der Waals surface area (Å²) >= 11 is 1.24. The Morgan fingerprint density at radius 1 is 1.04 bits per heavy atom. The number of aromatic nitrogens is 2. The second kappa shape index (κ2) is 10.3. The summed E-state index contributed by atoms with van der Waals surface area (Å²) in [6.07, 6.45) is 6.21.